The first-order chi connectivity index (χ1) is 4.30. The summed E-state index contributed by atoms with van der Waals surface area (Å²) in [5.74, 6) is 0.733. The van der Waals surface area contributed by atoms with Gasteiger partial charge in [0.2, 0.25) is 0 Å². The van der Waals surface area contributed by atoms with E-state index < -0.39 is 5.97 Å². The molecule has 0 aromatic carbocycles. The highest BCUT2D eigenvalue weighted by Crippen LogP contribution is 2.42. The van der Waals surface area contributed by atoms with Crippen molar-refractivity contribution in [3.05, 3.63) is 0 Å². The van der Waals surface area contributed by atoms with Gasteiger partial charge in [-0.15, -0.1) is 0 Å². The van der Waals surface area contributed by atoms with Crippen molar-refractivity contribution in [2.24, 2.45) is 5.92 Å². The molecule has 0 aromatic rings. The first kappa shape index (κ1) is 7.63. The number of carbonyl (C=O) groups is 1. The Morgan fingerprint density at radius 1 is 1.44 bits per heavy atom. The van der Waals surface area contributed by atoms with Crippen LogP contribution in [0, 0.1) is 5.92 Å². The van der Waals surface area contributed by atoms with Gasteiger partial charge in [0.05, 0.1) is 5.92 Å². The number of carboxylic acid groups (broad SMARTS) is 1. The second-order valence-corrected chi connectivity index (χ2v) is 5.99. The number of hydrogen-bond donors (Lipinski definition) is 1. The summed E-state index contributed by atoms with van der Waals surface area (Å²) in [5, 5.41) is 8.50. The minimum absolute atomic E-state index is 0.124. The molecule has 9 heavy (non-hydrogen) atoms. The third-order valence-electron chi connectivity index (χ3n) is 0.984. The van der Waals surface area contributed by atoms with Crippen LogP contribution in [-0.4, -0.2) is 22.6 Å². The molecular formula is C4H6O2S3. The van der Waals surface area contributed by atoms with Crippen molar-refractivity contribution in [2.75, 3.05) is 11.5 Å². The molecule has 1 aliphatic rings. The lowest BCUT2D eigenvalue weighted by Crippen LogP contribution is -2.19. The molecule has 0 spiro atoms. The Morgan fingerprint density at radius 3 is 2.33 bits per heavy atom. The Kier molecular flexibility index (Phi) is 3.08. The molecule has 0 radical (unpaired) electrons. The second kappa shape index (κ2) is 3.63. The summed E-state index contributed by atoms with van der Waals surface area (Å²) >= 11 is 0. The lowest BCUT2D eigenvalue weighted by molar-refractivity contribution is -0.140. The van der Waals surface area contributed by atoms with Gasteiger partial charge >= 0.3 is 5.97 Å². The van der Waals surface area contributed by atoms with Crippen molar-refractivity contribution in [3.8, 4) is 0 Å². The van der Waals surface area contributed by atoms with E-state index in [1.165, 1.54) is 0 Å². The summed E-state index contributed by atoms with van der Waals surface area (Å²) in [6, 6.07) is 0. The Hall–Kier alpha value is 0.520. The van der Waals surface area contributed by atoms with Crippen molar-refractivity contribution in [1.29, 1.82) is 0 Å². The van der Waals surface area contributed by atoms with Crippen LogP contribution in [0.25, 0.3) is 0 Å². The average molecular weight is 182 g/mol. The molecule has 52 valence electrons. The van der Waals surface area contributed by atoms with Crippen LogP contribution in [0.2, 0.25) is 0 Å². The zero-order valence-corrected chi connectivity index (χ0v) is 7.02. The van der Waals surface area contributed by atoms with Gasteiger partial charge in [-0.2, -0.15) is 0 Å². The van der Waals surface area contributed by atoms with Gasteiger partial charge in [0, 0.05) is 11.5 Å². The molecule has 5 heteroatoms. The topological polar surface area (TPSA) is 37.3 Å². The zero-order valence-electron chi connectivity index (χ0n) is 4.57. The number of aliphatic carboxylic acids is 1. The summed E-state index contributed by atoms with van der Waals surface area (Å²) in [6.07, 6.45) is 0. The molecule has 2 nitrogen and oxygen atoms in total. The van der Waals surface area contributed by atoms with Gasteiger partial charge in [-0.05, 0) is 9.83 Å². The van der Waals surface area contributed by atoms with Gasteiger partial charge in [-0.1, -0.05) is 21.6 Å². The van der Waals surface area contributed by atoms with E-state index in [0.717, 1.165) is 11.5 Å². The SMILES string of the molecule is O=C(O)C1CSSSC1. The third-order valence-corrected chi connectivity index (χ3v) is 5.38. The molecule has 1 rings (SSSR count). The summed E-state index contributed by atoms with van der Waals surface area (Å²) in [6.45, 7) is 0. The van der Waals surface area contributed by atoms with Gasteiger partial charge in [-0.3, -0.25) is 4.79 Å². The molecule has 0 atom stereocenters. The largest absolute Gasteiger partial charge is 0.481 e. The highest BCUT2D eigenvalue weighted by atomic mass is 33.5. The van der Waals surface area contributed by atoms with E-state index in [2.05, 4.69) is 0 Å². The van der Waals surface area contributed by atoms with E-state index in [1.807, 2.05) is 0 Å². The van der Waals surface area contributed by atoms with Crippen LogP contribution in [0.5, 0.6) is 0 Å². The molecule has 0 unspecified atom stereocenters. The summed E-state index contributed by atoms with van der Waals surface area (Å²) in [5.41, 5.74) is 0. The van der Waals surface area contributed by atoms with Crippen LogP contribution in [0.15, 0.2) is 0 Å². The Morgan fingerprint density at radius 2 is 2.00 bits per heavy atom. The number of carboxylic acids is 1. The first-order valence-corrected chi connectivity index (χ1v) is 6.26. The third kappa shape index (κ3) is 2.31. The van der Waals surface area contributed by atoms with Gasteiger partial charge in [0.15, 0.2) is 0 Å². The summed E-state index contributed by atoms with van der Waals surface area (Å²) in [4.78, 5) is 10.3. The van der Waals surface area contributed by atoms with E-state index in [-0.39, 0.29) is 5.92 Å². The van der Waals surface area contributed by atoms with Crippen molar-refractivity contribution >= 4 is 37.4 Å². The van der Waals surface area contributed by atoms with Crippen LogP contribution >= 0.6 is 31.4 Å². The number of rotatable bonds is 1. The maximum absolute atomic E-state index is 10.3. The average Bonchev–Trinajstić information content (AvgIpc) is 1.90. The molecule has 0 bridgehead atoms. The Labute approximate surface area is 65.0 Å². The van der Waals surface area contributed by atoms with E-state index in [1.54, 1.807) is 31.4 Å². The smallest absolute Gasteiger partial charge is 0.308 e. The van der Waals surface area contributed by atoms with Gasteiger partial charge in [0.1, 0.15) is 0 Å². The van der Waals surface area contributed by atoms with Gasteiger partial charge in [-0.25, -0.2) is 0 Å². The van der Waals surface area contributed by atoms with E-state index >= 15 is 0 Å². The summed E-state index contributed by atoms with van der Waals surface area (Å²) in [7, 11) is 4.95. The van der Waals surface area contributed by atoms with Gasteiger partial charge in [0.25, 0.3) is 0 Å². The predicted molar refractivity (Wildman–Crippen MR) is 43.6 cm³/mol. The van der Waals surface area contributed by atoms with Crippen LogP contribution in [-0.2, 0) is 4.79 Å². The lowest BCUT2D eigenvalue weighted by Gasteiger charge is -2.14. The molecule has 0 amide bonds. The monoisotopic (exact) mass is 182 g/mol. The van der Waals surface area contributed by atoms with Crippen LogP contribution < -0.4 is 0 Å². The Bertz CT molecular complexity index is 110. The molecule has 1 aliphatic heterocycles. The maximum atomic E-state index is 10.3. The quantitative estimate of drug-likeness (QED) is 0.625. The molecule has 1 fully saturated rings. The van der Waals surface area contributed by atoms with Crippen molar-refractivity contribution in [3.63, 3.8) is 0 Å². The van der Waals surface area contributed by atoms with Crippen molar-refractivity contribution in [1.82, 2.24) is 0 Å². The normalized spacial score (nSPS) is 21.8. The predicted octanol–water partition coefficient (Wildman–Crippen LogP) is 1.73. The fourth-order valence-electron chi connectivity index (χ4n) is 0.445. The molecule has 0 saturated carbocycles. The van der Waals surface area contributed by atoms with Crippen LogP contribution in [0.1, 0.15) is 0 Å². The second-order valence-electron chi connectivity index (χ2n) is 1.67. The van der Waals surface area contributed by atoms with Crippen molar-refractivity contribution < 1.29 is 9.90 Å². The summed E-state index contributed by atoms with van der Waals surface area (Å²) < 4.78 is 0. The molecule has 0 aromatic heterocycles. The van der Waals surface area contributed by atoms with E-state index in [9.17, 15) is 4.79 Å². The highest BCUT2D eigenvalue weighted by molar-refractivity contribution is 9.09. The lowest BCUT2D eigenvalue weighted by atomic mass is 10.2. The molecule has 1 saturated heterocycles. The number of hydrogen-bond acceptors (Lipinski definition) is 4. The standard InChI is InChI=1S/C4H6O2S3/c5-4(6)3-1-7-9-8-2-3/h3H,1-2H2,(H,5,6). The van der Waals surface area contributed by atoms with Crippen LogP contribution in [0.4, 0.5) is 0 Å². The molecule has 1 N–H and O–H groups in total. The van der Waals surface area contributed by atoms with E-state index in [0.29, 0.717) is 0 Å². The van der Waals surface area contributed by atoms with Crippen molar-refractivity contribution in [2.45, 2.75) is 0 Å². The zero-order chi connectivity index (χ0) is 6.69. The molecular weight excluding hydrogens is 176 g/mol. The minimum atomic E-state index is -0.657. The highest BCUT2D eigenvalue weighted by Gasteiger charge is 2.21. The Balaban J connectivity index is 2.31. The molecule has 0 aliphatic carbocycles. The fraction of sp³-hybridized carbons (Fsp3) is 0.750. The minimum Gasteiger partial charge on any atom is -0.481 e. The van der Waals surface area contributed by atoms with Crippen LogP contribution in [0.3, 0.4) is 0 Å². The molecule has 1 heterocycles. The van der Waals surface area contributed by atoms with Gasteiger partial charge < -0.3 is 5.11 Å². The fourth-order valence-corrected chi connectivity index (χ4v) is 4.76. The first-order valence-electron chi connectivity index (χ1n) is 2.44. The maximum Gasteiger partial charge on any atom is 0.308 e. The van der Waals surface area contributed by atoms with E-state index in [4.69, 9.17) is 5.11 Å².